The lowest BCUT2D eigenvalue weighted by molar-refractivity contribution is -0.139. The minimum Gasteiger partial charge on any atom is -0.481 e. The Bertz CT molecular complexity index is 312. The maximum Gasteiger partial charge on any atom is 0.305 e. The monoisotopic (exact) mass is 270 g/mol. The predicted octanol–water partition coefficient (Wildman–Crippen LogP) is 0.244. The van der Waals surface area contributed by atoms with E-state index in [4.69, 9.17) is 9.84 Å². The van der Waals surface area contributed by atoms with E-state index in [0.29, 0.717) is 13.1 Å². The topological polar surface area (TPSA) is 78.9 Å². The lowest BCUT2D eigenvalue weighted by Gasteiger charge is -2.31. The van der Waals surface area contributed by atoms with Crippen molar-refractivity contribution in [2.24, 2.45) is 0 Å². The summed E-state index contributed by atoms with van der Waals surface area (Å²) in [5.74, 6) is -0.832. The number of carbonyl (C=O) groups is 2. The second-order valence-electron chi connectivity index (χ2n) is 4.58. The molecule has 6 heteroatoms. The van der Waals surface area contributed by atoms with Crippen LogP contribution in [0.1, 0.15) is 19.3 Å². The SMILES string of the molecule is C=CCNC(=O)CN1CCC(OCCC(=O)O)CC1. The fraction of sp³-hybridized carbons (Fsp3) is 0.692. The fourth-order valence-electron chi connectivity index (χ4n) is 1.99. The van der Waals surface area contributed by atoms with Crippen molar-refractivity contribution < 1.29 is 19.4 Å². The third kappa shape index (κ3) is 6.93. The number of carboxylic acid groups (broad SMARTS) is 1. The first-order valence-electron chi connectivity index (χ1n) is 6.55. The number of carboxylic acids is 1. The number of hydrogen-bond donors (Lipinski definition) is 2. The van der Waals surface area contributed by atoms with Gasteiger partial charge in [-0.25, -0.2) is 0 Å². The highest BCUT2D eigenvalue weighted by atomic mass is 16.5. The van der Waals surface area contributed by atoms with Gasteiger partial charge < -0.3 is 15.2 Å². The van der Waals surface area contributed by atoms with Gasteiger partial charge in [0.15, 0.2) is 0 Å². The number of piperidine rings is 1. The molecule has 19 heavy (non-hydrogen) atoms. The Labute approximate surface area is 113 Å². The fourth-order valence-corrected chi connectivity index (χ4v) is 1.99. The Morgan fingerprint density at radius 1 is 1.42 bits per heavy atom. The Hall–Kier alpha value is -1.40. The maximum atomic E-state index is 11.5. The van der Waals surface area contributed by atoms with Crippen molar-refractivity contribution in [2.45, 2.75) is 25.4 Å². The maximum absolute atomic E-state index is 11.5. The highest BCUT2D eigenvalue weighted by molar-refractivity contribution is 5.78. The van der Waals surface area contributed by atoms with Crippen LogP contribution in [-0.4, -0.2) is 60.8 Å². The van der Waals surface area contributed by atoms with Crippen molar-refractivity contribution >= 4 is 11.9 Å². The molecule has 1 amide bonds. The molecule has 0 radical (unpaired) electrons. The van der Waals surface area contributed by atoms with Crippen molar-refractivity contribution in [1.29, 1.82) is 0 Å². The van der Waals surface area contributed by atoms with Gasteiger partial charge in [-0.3, -0.25) is 14.5 Å². The molecule has 0 bridgehead atoms. The zero-order valence-corrected chi connectivity index (χ0v) is 11.1. The van der Waals surface area contributed by atoms with E-state index in [-0.39, 0.29) is 25.0 Å². The molecule has 1 aliphatic rings. The van der Waals surface area contributed by atoms with E-state index in [2.05, 4.69) is 16.8 Å². The van der Waals surface area contributed by atoms with E-state index >= 15 is 0 Å². The van der Waals surface area contributed by atoms with E-state index < -0.39 is 5.97 Å². The molecular formula is C13H22N2O4. The number of ether oxygens (including phenoxy) is 1. The van der Waals surface area contributed by atoms with Crippen LogP contribution in [0, 0.1) is 0 Å². The van der Waals surface area contributed by atoms with Gasteiger partial charge in [0.25, 0.3) is 0 Å². The van der Waals surface area contributed by atoms with Crippen LogP contribution in [0.2, 0.25) is 0 Å². The number of nitrogens with one attached hydrogen (secondary N) is 1. The normalized spacial score (nSPS) is 17.1. The second-order valence-corrected chi connectivity index (χ2v) is 4.58. The molecule has 1 aliphatic heterocycles. The summed E-state index contributed by atoms with van der Waals surface area (Å²) in [6.07, 6.45) is 3.50. The van der Waals surface area contributed by atoms with Crippen molar-refractivity contribution in [3.05, 3.63) is 12.7 Å². The standard InChI is InChI=1S/C13H22N2O4/c1-2-6-14-12(16)10-15-7-3-11(4-8-15)19-9-5-13(17)18/h2,11H,1,3-10H2,(H,14,16)(H,17,18). The first-order chi connectivity index (χ1) is 9.11. The molecule has 1 heterocycles. The Morgan fingerprint density at radius 2 is 2.11 bits per heavy atom. The Kier molecular flexibility index (Phi) is 7.14. The molecule has 0 spiro atoms. The highest BCUT2D eigenvalue weighted by Crippen LogP contribution is 2.13. The van der Waals surface area contributed by atoms with Crippen LogP contribution < -0.4 is 5.32 Å². The first-order valence-corrected chi connectivity index (χ1v) is 6.55. The third-order valence-corrected chi connectivity index (χ3v) is 3.01. The van der Waals surface area contributed by atoms with Gasteiger partial charge in [-0.05, 0) is 12.8 Å². The van der Waals surface area contributed by atoms with Crippen molar-refractivity contribution in [2.75, 3.05) is 32.8 Å². The minimum absolute atomic E-state index is 0.00476. The molecule has 0 aromatic rings. The largest absolute Gasteiger partial charge is 0.481 e. The minimum atomic E-state index is -0.837. The molecule has 1 saturated heterocycles. The molecule has 1 fully saturated rings. The molecule has 108 valence electrons. The van der Waals surface area contributed by atoms with Crippen LogP contribution in [-0.2, 0) is 14.3 Å². The highest BCUT2D eigenvalue weighted by Gasteiger charge is 2.21. The molecule has 0 atom stereocenters. The average Bonchev–Trinajstić information content (AvgIpc) is 2.38. The molecule has 0 unspecified atom stereocenters. The van der Waals surface area contributed by atoms with Gasteiger partial charge in [0, 0.05) is 19.6 Å². The molecule has 6 nitrogen and oxygen atoms in total. The first kappa shape index (κ1) is 15.7. The van der Waals surface area contributed by atoms with Gasteiger partial charge in [0.2, 0.25) is 5.91 Å². The Balaban J connectivity index is 2.12. The molecule has 0 aromatic heterocycles. The van der Waals surface area contributed by atoms with E-state index in [0.717, 1.165) is 25.9 Å². The van der Waals surface area contributed by atoms with Crippen LogP contribution >= 0.6 is 0 Å². The zero-order valence-electron chi connectivity index (χ0n) is 11.1. The number of rotatable bonds is 8. The van der Waals surface area contributed by atoms with Crippen LogP contribution in [0.3, 0.4) is 0 Å². The van der Waals surface area contributed by atoms with Gasteiger partial charge in [0.1, 0.15) is 0 Å². The molecular weight excluding hydrogens is 248 g/mol. The second kappa shape index (κ2) is 8.66. The van der Waals surface area contributed by atoms with Gasteiger partial charge >= 0.3 is 5.97 Å². The summed E-state index contributed by atoms with van der Waals surface area (Å²) in [5.41, 5.74) is 0. The molecule has 0 aromatic carbocycles. The number of amides is 1. The number of likely N-dealkylation sites (tertiary alicyclic amines) is 1. The summed E-state index contributed by atoms with van der Waals surface area (Å²) in [5, 5.41) is 11.3. The number of aliphatic carboxylic acids is 1. The quantitative estimate of drug-likeness (QED) is 0.618. The van der Waals surface area contributed by atoms with E-state index in [9.17, 15) is 9.59 Å². The zero-order chi connectivity index (χ0) is 14.1. The van der Waals surface area contributed by atoms with Crippen LogP contribution in [0.25, 0.3) is 0 Å². The molecule has 1 rings (SSSR count). The summed E-state index contributed by atoms with van der Waals surface area (Å²) < 4.78 is 5.49. The average molecular weight is 270 g/mol. The van der Waals surface area contributed by atoms with Crippen molar-refractivity contribution in [3.8, 4) is 0 Å². The van der Waals surface area contributed by atoms with Gasteiger partial charge in [0.05, 0.1) is 25.7 Å². The molecule has 2 N–H and O–H groups in total. The Morgan fingerprint density at radius 3 is 2.68 bits per heavy atom. The summed E-state index contributed by atoms with van der Waals surface area (Å²) in [4.78, 5) is 23.9. The number of hydrogen-bond acceptors (Lipinski definition) is 4. The van der Waals surface area contributed by atoms with Crippen LogP contribution in [0.15, 0.2) is 12.7 Å². The summed E-state index contributed by atoms with van der Waals surface area (Å²) >= 11 is 0. The molecule has 0 aliphatic carbocycles. The smallest absolute Gasteiger partial charge is 0.305 e. The predicted molar refractivity (Wildman–Crippen MR) is 70.9 cm³/mol. The van der Waals surface area contributed by atoms with Crippen molar-refractivity contribution in [3.63, 3.8) is 0 Å². The molecule has 0 saturated carbocycles. The third-order valence-electron chi connectivity index (χ3n) is 3.01. The van der Waals surface area contributed by atoms with Crippen LogP contribution in [0.4, 0.5) is 0 Å². The number of carbonyl (C=O) groups excluding carboxylic acids is 1. The van der Waals surface area contributed by atoms with Gasteiger partial charge in [-0.1, -0.05) is 6.08 Å². The lowest BCUT2D eigenvalue weighted by atomic mass is 10.1. The summed E-state index contributed by atoms with van der Waals surface area (Å²) in [6, 6.07) is 0. The summed E-state index contributed by atoms with van der Waals surface area (Å²) in [6.45, 7) is 6.31. The number of nitrogens with zero attached hydrogens (tertiary/aromatic N) is 1. The van der Waals surface area contributed by atoms with Gasteiger partial charge in [-0.15, -0.1) is 6.58 Å². The van der Waals surface area contributed by atoms with E-state index in [1.807, 2.05) is 0 Å². The van der Waals surface area contributed by atoms with Crippen LogP contribution in [0.5, 0.6) is 0 Å². The van der Waals surface area contributed by atoms with E-state index in [1.165, 1.54) is 0 Å². The summed E-state index contributed by atoms with van der Waals surface area (Å²) in [7, 11) is 0. The van der Waals surface area contributed by atoms with Crippen molar-refractivity contribution in [1.82, 2.24) is 10.2 Å². The van der Waals surface area contributed by atoms with Gasteiger partial charge in [-0.2, -0.15) is 0 Å². The van der Waals surface area contributed by atoms with E-state index in [1.54, 1.807) is 6.08 Å². The lowest BCUT2D eigenvalue weighted by Crippen LogP contribution is -2.43.